The molecule has 0 saturated heterocycles. The highest BCUT2D eigenvalue weighted by atomic mass is 35.5. The van der Waals surface area contributed by atoms with Gasteiger partial charge in [0.05, 0.1) is 28.2 Å². The molecule has 7 heteroatoms. The van der Waals surface area contributed by atoms with Gasteiger partial charge in [0, 0.05) is 24.7 Å². The minimum Gasteiger partial charge on any atom is -0.507 e. The quantitative estimate of drug-likeness (QED) is 0.656. The molecule has 1 heterocycles. The fraction of sp³-hybridized carbons (Fsp3) is 0.273. The SMILES string of the molecule is CN(C(=O)c1cc(-c2ccnn2-c2ccccc2Cl)c(O)cc1O)C1CCCC1. The molecule has 0 unspecified atom stereocenters. The molecule has 0 aliphatic heterocycles. The van der Waals surface area contributed by atoms with Crippen molar-refractivity contribution in [3.8, 4) is 28.4 Å². The maximum Gasteiger partial charge on any atom is 0.257 e. The van der Waals surface area contributed by atoms with Gasteiger partial charge in [-0.1, -0.05) is 36.6 Å². The zero-order valence-corrected chi connectivity index (χ0v) is 16.8. The van der Waals surface area contributed by atoms with E-state index in [1.807, 2.05) is 18.2 Å². The Labute approximate surface area is 174 Å². The van der Waals surface area contributed by atoms with E-state index >= 15 is 0 Å². The molecule has 29 heavy (non-hydrogen) atoms. The Balaban J connectivity index is 1.77. The maximum absolute atomic E-state index is 13.0. The Morgan fingerprint density at radius 3 is 2.59 bits per heavy atom. The van der Waals surface area contributed by atoms with Gasteiger partial charge < -0.3 is 15.1 Å². The van der Waals surface area contributed by atoms with Crippen LogP contribution in [-0.4, -0.2) is 43.9 Å². The van der Waals surface area contributed by atoms with E-state index in [9.17, 15) is 15.0 Å². The van der Waals surface area contributed by atoms with Crippen molar-refractivity contribution in [3.05, 3.63) is 59.2 Å². The number of para-hydroxylation sites is 1. The lowest BCUT2D eigenvalue weighted by molar-refractivity contribution is 0.0732. The normalized spacial score (nSPS) is 14.3. The molecule has 2 aromatic carbocycles. The first-order chi connectivity index (χ1) is 14.0. The average molecular weight is 412 g/mol. The predicted molar refractivity (Wildman–Crippen MR) is 112 cm³/mol. The Bertz CT molecular complexity index is 1060. The number of nitrogens with zero attached hydrogens (tertiary/aromatic N) is 3. The molecule has 0 spiro atoms. The molecule has 0 bridgehead atoms. The lowest BCUT2D eigenvalue weighted by Crippen LogP contribution is -2.35. The highest BCUT2D eigenvalue weighted by molar-refractivity contribution is 6.32. The van der Waals surface area contributed by atoms with Gasteiger partial charge in [0.25, 0.3) is 5.91 Å². The van der Waals surface area contributed by atoms with Crippen LogP contribution in [0.15, 0.2) is 48.7 Å². The number of phenolic OH excluding ortho intramolecular Hbond substituents is 2. The number of aromatic hydroxyl groups is 2. The summed E-state index contributed by atoms with van der Waals surface area (Å²) in [6.07, 6.45) is 5.73. The van der Waals surface area contributed by atoms with Crippen molar-refractivity contribution in [1.29, 1.82) is 0 Å². The van der Waals surface area contributed by atoms with Crippen LogP contribution in [-0.2, 0) is 0 Å². The summed E-state index contributed by atoms with van der Waals surface area (Å²) in [5.74, 6) is -0.652. The second-order valence-electron chi connectivity index (χ2n) is 7.32. The van der Waals surface area contributed by atoms with Gasteiger partial charge in [-0.15, -0.1) is 0 Å². The third-order valence-corrected chi connectivity index (χ3v) is 5.86. The summed E-state index contributed by atoms with van der Waals surface area (Å²) in [7, 11) is 1.76. The fourth-order valence-corrected chi connectivity index (χ4v) is 4.14. The molecule has 3 aromatic rings. The summed E-state index contributed by atoms with van der Waals surface area (Å²) >= 11 is 6.31. The van der Waals surface area contributed by atoms with Crippen molar-refractivity contribution in [3.63, 3.8) is 0 Å². The summed E-state index contributed by atoms with van der Waals surface area (Å²) in [5.41, 5.74) is 1.76. The number of aromatic nitrogens is 2. The number of halogens is 1. The van der Waals surface area contributed by atoms with E-state index in [2.05, 4.69) is 5.10 Å². The molecule has 1 amide bonds. The van der Waals surface area contributed by atoms with Crippen LogP contribution in [0.3, 0.4) is 0 Å². The van der Waals surface area contributed by atoms with E-state index in [1.54, 1.807) is 35.0 Å². The number of phenols is 2. The van der Waals surface area contributed by atoms with Crippen LogP contribution < -0.4 is 0 Å². The van der Waals surface area contributed by atoms with Crippen LogP contribution in [0.1, 0.15) is 36.0 Å². The van der Waals surface area contributed by atoms with Crippen LogP contribution in [0.4, 0.5) is 0 Å². The lowest BCUT2D eigenvalue weighted by Gasteiger charge is -2.25. The van der Waals surface area contributed by atoms with Gasteiger partial charge in [-0.2, -0.15) is 5.10 Å². The standard InChI is InChI=1S/C22H22ClN3O3/c1-25(14-6-2-3-7-14)22(29)16-12-15(20(27)13-21(16)28)18-10-11-24-26(18)19-9-5-4-8-17(19)23/h4-5,8-14,27-28H,2-3,6-7H2,1H3. The molecule has 1 aromatic heterocycles. The van der Waals surface area contributed by atoms with Gasteiger partial charge in [0.15, 0.2) is 0 Å². The summed E-state index contributed by atoms with van der Waals surface area (Å²) in [6.45, 7) is 0. The van der Waals surface area contributed by atoms with E-state index < -0.39 is 0 Å². The number of hydrogen-bond acceptors (Lipinski definition) is 4. The highest BCUT2D eigenvalue weighted by Crippen LogP contribution is 2.37. The van der Waals surface area contributed by atoms with E-state index in [4.69, 9.17) is 11.6 Å². The van der Waals surface area contributed by atoms with Gasteiger partial charge in [-0.3, -0.25) is 4.79 Å². The van der Waals surface area contributed by atoms with E-state index in [1.165, 1.54) is 12.1 Å². The minimum absolute atomic E-state index is 0.142. The van der Waals surface area contributed by atoms with Gasteiger partial charge >= 0.3 is 0 Å². The van der Waals surface area contributed by atoms with Crippen LogP contribution in [0.2, 0.25) is 5.02 Å². The van der Waals surface area contributed by atoms with E-state index in [0.29, 0.717) is 22.0 Å². The van der Waals surface area contributed by atoms with Gasteiger partial charge in [-0.05, 0) is 37.1 Å². The van der Waals surface area contributed by atoms with E-state index in [0.717, 1.165) is 25.7 Å². The van der Waals surface area contributed by atoms with Crippen molar-refractivity contribution in [1.82, 2.24) is 14.7 Å². The molecule has 150 valence electrons. The molecule has 6 nitrogen and oxygen atoms in total. The van der Waals surface area contributed by atoms with Crippen LogP contribution in [0.5, 0.6) is 11.5 Å². The first kappa shape index (κ1) is 19.3. The average Bonchev–Trinajstić information content (AvgIpc) is 3.40. The number of amides is 1. The Hall–Kier alpha value is -2.99. The molecule has 1 aliphatic rings. The zero-order valence-electron chi connectivity index (χ0n) is 16.0. The number of benzene rings is 2. The van der Waals surface area contributed by atoms with Crippen molar-refractivity contribution in [2.75, 3.05) is 7.05 Å². The Morgan fingerprint density at radius 1 is 1.14 bits per heavy atom. The third kappa shape index (κ3) is 3.56. The zero-order chi connectivity index (χ0) is 20.5. The monoisotopic (exact) mass is 411 g/mol. The largest absolute Gasteiger partial charge is 0.507 e. The van der Waals surface area contributed by atoms with Gasteiger partial charge in [-0.25, -0.2) is 4.68 Å². The number of rotatable bonds is 4. The van der Waals surface area contributed by atoms with Crippen molar-refractivity contribution >= 4 is 17.5 Å². The smallest absolute Gasteiger partial charge is 0.257 e. The molecule has 2 N–H and O–H groups in total. The predicted octanol–water partition coefficient (Wildman–Crippen LogP) is 4.62. The number of hydrogen-bond donors (Lipinski definition) is 2. The Kier molecular flexibility index (Phi) is 5.20. The van der Waals surface area contributed by atoms with Gasteiger partial charge in [0.1, 0.15) is 11.5 Å². The maximum atomic E-state index is 13.0. The first-order valence-corrected chi connectivity index (χ1v) is 9.97. The lowest BCUT2D eigenvalue weighted by atomic mass is 10.0. The van der Waals surface area contributed by atoms with Crippen LogP contribution >= 0.6 is 11.6 Å². The summed E-state index contributed by atoms with van der Waals surface area (Å²) < 4.78 is 1.60. The second-order valence-corrected chi connectivity index (χ2v) is 7.73. The number of carbonyl (C=O) groups is 1. The third-order valence-electron chi connectivity index (χ3n) is 5.54. The molecule has 0 radical (unpaired) electrons. The van der Waals surface area contributed by atoms with Gasteiger partial charge in [0.2, 0.25) is 0 Å². The fourth-order valence-electron chi connectivity index (χ4n) is 3.92. The summed E-state index contributed by atoms with van der Waals surface area (Å²) in [6, 6.07) is 11.9. The van der Waals surface area contributed by atoms with E-state index in [-0.39, 0.29) is 29.0 Å². The van der Waals surface area contributed by atoms with Crippen LogP contribution in [0.25, 0.3) is 16.9 Å². The highest BCUT2D eigenvalue weighted by Gasteiger charge is 2.27. The molecule has 4 rings (SSSR count). The molecule has 1 fully saturated rings. The summed E-state index contributed by atoms with van der Waals surface area (Å²) in [5, 5.41) is 25.7. The van der Waals surface area contributed by atoms with Crippen LogP contribution in [0, 0.1) is 0 Å². The topological polar surface area (TPSA) is 78.6 Å². The summed E-state index contributed by atoms with van der Waals surface area (Å²) in [4.78, 5) is 14.7. The molecular weight excluding hydrogens is 390 g/mol. The van der Waals surface area contributed by atoms with Crippen molar-refractivity contribution in [2.45, 2.75) is 31.7 Å². The Morgan fingerprint density at radius 2 is 1.86 bits per heavy atom. The van der Waals surface area contributed by atoms with Crippen molar-refractivity contribution in [2.24, 2.45) is 0 Å². The van der Waals surface area contributed by atoms with Crippen molar-refractivity contribution < 1.29 is 15.0 Å². The number of carbonyl (C=O) groups excluding carboxylic acids is 1. The minimum atomic E-state index is -0.264. The molecular formula is C22H22ClN3O3. The molecule has 1 aliphatic carbocycles. The molecule has 1 saturated carbocycles. The molecule has 0 atom stereocenters. The first-order valence-electron chi connectivity index (χ1n) is 9.60. The second kappa shape index (κ2) is 7.79.